The highest BCUT2D eigenvalue weighted by Crippen LogP contribution is 2.23. The van der Waals surface area contributed by atoms with Crippen LogP contribution in [0.3, 0.4) is 0 Å². The van der Waals surface area contributed by atoms with Crippen molar-refractivity contribution in [3.8, 4) is 0 Å². The molecule has 19 heavy (non-hydrogen) atoms. The van der Waals surface area contributed by atoms with E-state index in [0.29, 0.717) is 13.1 Å². The molecule has 2 rings (SSSR count). The minimum atomic E-state index is -3.98. The van der Waals surface area contributed by atoms with Crippen molar-refractivity contribution in [2.45, 2.75) is 37.5 Å². The van der Waals surface area contributed by atoms with Gasteiger partial charge in [-0.25, -0.2) is 8.42 Å². The minimum Gasteiger partial charge on any atom is -0.337 e. The summed E-state index contributed by atoms with van der Waals surface area (Å²) in [6.45, 7) is 2.79. The lowest BCUT2D eigenvalue weighted by Crippen LogP contribution is -2.32. The maximum atomic E-state index is 12.4. The van der Waals surface area contributed by atoms with Crippen LogP contribution in [0.5, 0.6) is 0 Å². The van der Waals surface area contributed by atoms with Gasteiger partial charge < -0.3 is 4.90 Å². The molecule has 0 saturated carbocycles. The van der Waals surface area contributed by atoms with Crippen molar-refractivity contribution in [2.75, 3.05) is 13.1 Å². The number of rotatable bonds is 2. The van der Waals surface area contributed by atoms with Crippen molar-refractivity contribution >= 4 is 25.6 Å². The second-order valence-corrected chi connectivity index (χ2v) is 7.17. The van der Waals surface area contributed by atoms with Crippen molar-refractivity contribution in [1.82, 2.24) is 15.1 Å². The Morgan fingerprint density at radius 1 is 1.26 bits per heavy atom. The third kappa shape index (κ3) is 3.09. The zero-order valence-corrected chi connectivity index (χ0v) is 12.2. The molecule has 1 aromatic heterocycles. The van der Waals surface area contributed by atoms with Crippen LogP contribution in [0.1, 0.15) is 41.9 Å². The minimum absolute atomic E-state index is 0.102. The van der Waals surface area contributed by atoms with Crippen LogP contribution in [-0.4, -0.2) is 42.5 Å². The first kappa shape index (κ1) is 14.3. The van der Waals surface area contributed by atoms with Crippen LogP contribution in [0.15, 0.2) is 4.90 Å². The van der Waals surface area contributed by atoms with Gasteiger partial charge in [-0.1, -0.05) is 12.8 Å². The first-order valence-electron chi connectivity index (χ1n) is 6.20. The highest BCUT2D eigenvalue weighted by molar-refractivity contribution is 8.13. The summed E-state index contributed by atoms with van der Waals surface area (Å²) >= 11 is 0. The number of nitrogens with one attached hydrogen (secondary N) is 1. The lowest BCUT2D eigenvalue weighted by atomic mass is 10.2. The summed E-state index contributed by atoms with van der Waals surface area (Å²) in [6.07, 6.45) is 4.03. The molecule has 0 aromatic carbocycles. The van der Waals surface area contributed by atoms with Gasteiger partial charge in [-0.05, 0) is 19.8 Å². The van der Waals surface area contributed by atoms with E-state index in [1.54, 1.807) is 4.90 Å². The molecule has 1 fully saturated rings. The first-order chi connectivity index (χ1) is 8.91. The molecule has 0 bridgehead atoms. The number of aryl methyl sites for hydroxylation is 1. The van der Waals surface area contributed by atoms with Gasteiger partial charge in [-0.15, -0.1) is 0 Å². The third-order valence-corrected chi connectivity index (χ3v) is 4.68. The van der Waals surface area contributed by atoms with Crippen molar-refractivity contribution in [3.05, 3.63) is 11.4 Å². The number of carbonyl (C=O) groups excluding carboxylic acids is 1. The predicted molar refractivity (Wildman–Crippen MR) is 70.7 cm³/mol. The molecule has 1 N–H and O–H groups in total. The van der Waals surface area contributed by atoms with Crippen LogP contribution < -0.4 is 0 Å². The average Bonchev–Trinajstić information content (AvgIpc) is 2.57. The van der Waals surface area contributed by atoms with E-state index < -0.39 is 9.05 Å². The fourth-order valence-corrected chi connectivity index (χ4v) is 3.63. The second-order valence-electron chi connectivity index (χ2n) is 4.67. The smallest absolute Gasteiger partial charge is 0.275 e. The van der Waals surface area contributed by atoms with Gasteiger partial charge in [0.05, 0.1) is 5.69 Å². The average molecular weight is 306 g/mol. The fourth-order valence-electron chi connectivity index (χ4n) is 2.29. The molecule has 106 valence electrons. The predicted octanol–water partition coefficient (Wildman–Crippen LogP) is 1.66. The van der Waals surface area contributed by atoms with E-state index in [-0.39, 0.29) is 22.2 Å². The first-order valence-corrected chi connectivity index (χ1v) is 8.51. The number of likely N-dealkylation sites (tertiary alicyclic amines) is 1. The van der Waals surface area contributed by atoms with Crippen LogP contribution in [0.25, 0.3) is 0 Å². The van der Waals surface area contributed by atoms with Crippen molar-refractivity contribution in [3.63, 3.8) is 0 Å². The number of nitrogens with zero attached hydrogens (tertiary/aromatic N) is 2. The normalized spacial score (nSPS) is 17.3. The van der Waals surface area contributed by atoms with Crippen LogP contribution in [0.2, 0.25) is 0 Å². The molecule has 2 heterocycles. The molecule has 0 radical (unpaired) electrons. The second kappa shape index (κ2) is 5.50. The molecule has 1 aliphatic heterocycles. The highest BCUT2D eigenvalue weighted by atomic mass is 35.7. The number of halogens is 1. The number of amides is 1. The van der Waals surface area contributed by atoms with Crippen molar-refractivity contribution in [1.29, 1.82) is 0 Å². The van der Waals surface area contributed by atoms with Gasteiger partial charge in [0.2, 0.25) is 0 Å². The fraction of sp³-hybridized carbons (Fsp3) is 0.636. The number of aromatic amines is 1. The molecular weight excluding hydrogens is 290 g/mol. The van der Waals surface area contributed by atoms with Gasteiger partial charge in [0, 0.05) is 23.8 Å². The van der Waals surface area contributed by atoms with E-state index in [2.05, 4.69) is 10.2 Å². The summed E-state index contributed by atoms with van der Waals surface area (Å²) in [4.78, 5) is 13.8. The van der Waals surface area contributed by atoms with E-state index in [1.165, 1.54) is 6.92 Å². The molecule has 0 atom stereocenters. The summed E-state index contributed by atoms with van der Waals surface area (Å²) in [5, 5.41) is 6.33. The summed E-state index contributed by atoms with van der Waals surface area (Å²) in [7, 11) is 1.38. The number of hydrogen-bond acceptors (Lipinski definition) is 4. The Morgan fingerprint density at radius 3 is 2.37 bits per heavy atom. The van der Waals surface area contributed by atoms with E-state index in [0.717, 1.165) is 25.7 Å². The lowest BCUT2D eigenvalue weighted by Gasteiger charge is -2.19. The molecular formula is C11H16ClN3O3S. The van der Waals surface area contributed by atoms with Gasteiger partial charge in [0.1, 0.15) is 4.90 Å². The van der Waals surface area contributed by atoms with Crippen molar-refractivity contribution < 1.29 is 13.2 Å². The molecule has 1 saturated heterocycles. The molecule has 0 unspecified atom stereocenters. The Bertz CT molecular complexity index is 574. The van der Waals surface area contributed by atoms with Gasteiger partial charge >= 0.3 is 0 Å². The Balaban J connectivity index is 2.34. The monoisotopic (exact) mass is 305 g/mol. The number of hydrogen-bond donors (Lipinski definition) is 1. The third-order valence-electron chi connectivity index (χ3n) is 3.23. The summed E-state index contributed by atoms with van der Waals surface area (Å²) < 4.78 is 23.1. The Kier molecular flexibility index (Phi) is 4.15. The number of H-pyrrole nitrogens is 1. The summed E-state index contributed by atoms with van der Waals surface area (Å²) in [5.74, 6) is -0.370. The molecule has 1 amide bonds. The molecule has 1 aliphatic rings. The van der Waals surface area contributed by atoms with Crippen LogP contribution in [-0.2, 0) is 9.05 Å². The largest absolute Gasteiger partial charge is 0.337 e. The zero-order valence-electron chi connectivity index (χ0n) is 10.6. The maximum Gasteiger partial charge on any atom is 0.275 e. The van der Waals surface area contributed by atoms with Crippen LogP contribution in [0.4, 0.5) is 0 Å². The SMILES string of the molecule is Cc1[nH]nc(C(=O)N2CCCCCC2)c1S(=O)(=O)Cl. The molecule has 0 aliphatic carbocycles. The lowest BCUT2D eigenvalue weighted by molar-refractivity contribution is 0.0752. The topological polar surface area (TPSA) is 83.1 Å². The maximum absolute atomic E-state index is 12.4. The van der Waals surface area contributed by atoms with E-state index >= 15 is 0 Å². The van der Waals surface area contributed by atoms with E-state index in [4.69, 9.17) is 10.7 Å². The molecule has 1 aromatic rings. The van der Waals surface area contributed by atoms with Gasteiger partial charge in [0.15, 0.2) is 5.69 Å². The van der Waals surface area contributed by atoms with E-state index in [1.807, 2.05) is 0 Å². The number of aromatic nitrogens is 2. The van der Waals surface area contributed by atoms with Gasteiger partial charge in [0.25, 0.3) is 15.0 Å². The quantitative estimate of drug-likeness (QED) is 0.842. The van der Waals surface area contributed by atoms with Gasteiger partial charge in [-0.2, -0.15) is 5.10 Å². The van der Waals surface area contributed by atoms with Gasteiger partial charge in [-0.3, -0.25) is 9.89 Å². The standard InChI is InChI=1S/C11H16ClN3O3S/c1-8-10(19(12,17)18)9(14-13-8)11(16)15-6-4-2-3-5-7-15/h2-7H2,1H3,(H,13,14). The van der Waals surface area contributed by atoms with Crippen LogP contribution >= 0.6 is 10.7 Å². The number of carbonyl (C=O) groups is 1. The van der Waals surface area contributed by atoms with E-state index in [9.17, 15) is 13.2 Å². The molecule has 0 spiro atoms. The Labute approximate surface area is 116 Å². The Morgan fingerprint density at radius 2 is 1.84 bits per heavy atom. The summed E-state index contributed by atoms with van der Waals surface area (Å²) in [5.41, 5.74) is 0.183. The zero-order chi connectivity index (χ0) is 14.0. The molecule has 6 nitrogen and oxygen atoms in total. The highest BCUT2D eigenvalue weighted by Gasteiger charge is 2.29. The van der Waals surface area contributed by atoms with Crippen molar-refractivity contribution in [2.24, 2.45) is 0 Å². The Hall–Kier alpha value is -1.08. The summed E-state index contributed by atoms with van der Waals surface area (Å²) in [6, 6.07) is 0. The molecule has 8 heteroatoms. The van der Waals surface area contributed by atoms with Crippen LogP contribution in [0, 0.1) is 6.92 Å².